The van der Waals surface area contributed by atoms with Crippen LogP contribution in [0.25, 0.3) is 0 Å². The molecule has 17 heavy (non-hydrogen) atoms. The Labute approximate surface area is 103 Å². The number of amides is 1. The second-order valence-electron chi connectivity index (χ2n) is 4.52. The zero-order chi connectivity index (χ0) is 12.7. The minimum Gasteiger partial charge on any atom is -0.381 e. The lowest BCUT2D eigenvalue weighted by Crippen LogP contribution is -2.50. The Balaban J connectivity index is 2.52. The second-order valence-corrected chi connectivity index (χ2v) is 4.52. The van der Waals surface area contributed by atoms with E-state index in [0.717, 1.165) is 12.8 Å². The maximum Gasteiger partial charge on any atom is 0.230 e. The van der Waals surface area contributed by atoms with Gasteiger partial charge in [0.05, 0.1) is 12.0 Å². The van der Waals surface area contributed by atoms with Crippen molar-refractivity contribution >= 4 is 5.91 Å². The van der Waals surface area contributed by atoms with Gasteiger partial charge in [-0.3, -0.25) is 4.79 Å². The van der Waals surface area contributed by atoms with Gasteiger partial charge in [-0.05, 0) is 19.8 Å². The summed E-state index contributed by atoms with van der Waals surface area (Å²) in [5.41, 5.74) is 5.38. The number of carbonyl (C=O) groups excluding carboxylic acids is 1. The lowest BCUT2D eigenvalue weighted by atomic mass is 9.79. The van der Waals surface area contributed by atoms with Crippen molar-refractivity contribution in [2.45, 2.75) is 19.8 Å². The Morgan fingerprint density at radius 3 is 2.65 bits per heavy atom. The molecule has 5 nitrogen and oxygen atoms in total. The van der Waals surface area contributed by atoms with E-state index in [1.807, 2.05) is 14.0 Å². The van der Waals surface area contributed by atoms with Crippen LogP contribution in [0.15, 0.2) is 0 Å². The number of hydrogen-bond acceptors (Lipinski definition) is 4. The molecule has 1 fully saturated rings. The molecule has 0 aromatic heterocycles. The van der Waals surface area contributed by atoms with E-state index in [1.165, 1.54) is 0 Å². The number of ether oxygens (including phenoxy) is 2. The summed E-state index contributed by atoms with van der Waals surface area (Å²) < 4.78 is 10.6. The molecular formula is C12H24N2O3. The van der Waals surface area contributed by atoms with Crippen molar-refractivity contribution in [3.05, 3.63) is 0 Å². The van der Waals surface area contributed by atoms with Gasteiger partial charge in [-0.2, -0.15) is 0 Å². The first-order chi connectivity index (χ1) is 8.16. The summed E-state index contributed by atoms with van der Waals surface area (Å²) >= 11 is 0. The van der Waals surface area contributed by atoms with Crippen LogP contribution in [0.1, 0.15) is 19.8 Å². The summed E-state index contributed by atoms with van der Waals surface area (Å²) in [6.45, 7) is 5.48. The molecule has 2 N–H and O–H groups in total. The van der Waals surface area contributed by atoms with Crippen LogP contribution in [-0.2, 0) is 14.3 Å². The van der Waals surface area contributed by atoms with Crippen molar-refractivity contribution in [3.8, 4) is 0 Å². The number of carbonyl (C=O) groups is 1. The van der Waals surface area contributed by atoms with E-state index in [9.17, 15) is 4.79 Å². The van der Waals surface area contributed by atoms with Crippen molar-refractivity contribution < 1.29 is 14.3 Å². The molecule has 0 aromatic rings. The summed E-state index contributed by atoms with van der Waals surface area (Å²) in [5, 5.41) is 0. The zero-order valence-electron chi connectivity index (χ0n) is 10.9. The average Bonchev–Trinajstić information content (AvgIpc) is 2.38. The number of nitrogens with two attached hydrogens (primary N) is 1. The molecule has 1 amide bonds. The third-order valence-corrected chi connectivity index (χ3v) is 3.42. The number of likely N-dealkylation sites (N-methyl/N-ethyl adjacent to an activating group) is 1. The van der Waals surface area contributed by atoms with Gasteiger partial charge in [0.25, 0.3) is 0 Å². The molecule has 0 radical (unpaired) electrons. The molecule has 0 unspecified atom stereocenters. The Kier molecular flexibility index (Phi) is 5.88. The predicted molar refractivity (Wildman–Crippen MR) is 65.7 cm³/mol. The Morgan fingerprint density at radius 2 is 2.12 bits per heavy atom. The molecule has 100 valence electrons. The van der Waals surface area contributed by atoms with E-state index in [0.29, 0.717) is 39.5 Å². The standard InChI is InChI=1S/C12H24N2O3/c1-3-16-9-6-14(2)11(15)12(10-13)4-7-17-8-5-12/h3-10,13H2,1-2H3. The van der Waals surface area contributed by atoms with Gasteiger partial charge < -0.3 is 20.1 Å². The van der Waals surface area contributed by atoms with Gasteiger partial charge in [-0.1, -0.05) is 0 Å². The molecule has 1 rings (SSSR count). The van der Waals surface area contributed by atoms with Crippen molar-refractivity contribution in [2.24, 2.45) is 11.1 Å². The summed E-state index contributed by atoms with van der Waals surface area (Å²) in [5.74, 6) is 0.128. The van der Waals surface area contributed by atoms with E-state index < -0.39 is 5.41 Å². The van der Waals surface area contributed by atoms with Crippen LogP contribution in [0, 0.1) is 5.41 Å². The van der Waals surface area contributed by atoms with E-state index in [1.54, 1.807) is 4.90 Å². The van der Waals surface area contributed by atoms with E-state index in [2.05, 4.69) is 0 Å². The molecule has 1 aliphatic heterocycles. The fourth-order valence-corrected chi connectivity index (χ4v) is 2.12. The van der Waals surface area contributed by atoms with Crippen molar-refractivity contribution in [1.82, 2.24) is 4.90 Å². The van der Waals surface area contributed by atoms with Gasteiger partial charge in [-0.15, -0.1) is 0 Å². The third-order valence-electron chi connectivity index (χ3n) is 3.42. The fraction of sp³-hybridized carbons (Fsp3) is 0.917. The first-order valence-electron chi connectivity index (χ1n) is 6.27. The van der Waals surface area contributed by atoms with E-state index >= 15 is 0 Å². The highest BCUT2D eigenvalue weighted by Crippen LogP contribution is 2.31. The minimum atomic E-state index is -0.417. The smallest absolute Gasteiger partial charge is 0.230 e. The normalized spacial score (nSPS) is 19.0. The molecule has 1 heterocycles. The summed E-state index contributed by atoms with van der Waals surface area (Å²) in [4.78, 5) is 14.1. The Bertz CT molecular complexity index is 240. The molecule has 1 aliphatic rings. The predicted octanol–water partition coefficient (Wildman–Crippen LogP) is 0.237. The summed E-state index contributed by atoms with van der Waals surface area (Å²) in [6, 6.07) is 0. The molecule has 0 aliphatic carbocycles. The highest BCUT2D eigenvalue weighted by Gasteiger charge is 2.40. The fourth-order valence-electron chi connectivity index (χ4n) is 2.12. The Morgan fingerprint density at radius 1 is 1.47 bits per heavy atom. The van der Waals surface area contributed by atoms with Gasteiger partial charge >= 0.3 is 0 Å². The lowest BCUT2D eigenvalue weighted by molar-refractivity contribution is -0.146. The second kappa shape index (κ2) is 6.93. The maximum absolute atomic E-state index is 12.4. The molecule has 5 heteroatoms. The summed E-state index contributed by atoms with van der Waals surface area (Å²) in [7, 11) is 1.81. The van der Waals surface area contributed by atoms with Crippen molar-refractivity contribution in [2.75, 3.05) is 46.6 Å². The highest BCUT2D eigenvalue weighted by atomic mass is 16.5. The molecule has 0 aromatic carbocycles. The maximum atomic E-state index is 12.4. The first-order valence-corrected chi connectivity index (χ1v) is 6.27. The topological polar surface area (TPSA) is 64.8 Å². The van der Waals surface area contributed by atoms with E-state index in [-0.39, 0.29) is 5.91 Å². The zero-order valence-corrected chi connectivity index (χ0v) is 10.9. The van der Waals surface area contributed by atoms with Gasteiger partial charge in [0.15, 0.2) is 0 Å². The van der Waals surface area contributed by atoms with Gasteiger partial charge in [-0.25, -0.2) is 0 Å². The lowest BCUT2D eigenvalue weighted by Gasteiger charge is -2.37. The molecular weight excluding hydrogens is 220 g/mol. The van der Waals surface area contributed by atoms with Crippen molar-refractivity contribution in [1.29, 1.82) is 0 Å². The van der Waals surface area contributed by atoms with Crippen LogP contribution in [0.4, 0.5) is 0 Å². The van der Waals surface area contributed by atoms with Crippen LogP contribution in [0.2, 0.25) is 0 Å². The van der Waals surface area contributed by atoms with Crippen LogP contribution >= 0.6 is 0 Å². The van der Waals surface area contributed by atoms with Crippen LogP contribution < -0.4 is 5.73 Å². The number of rotatable bonds is 6. The highest BCUT2D eigenvalue weighted by molar-refractivity contribution is 5.83. The molecule has 0 atom stereocenters. The first kappa shape index (κ1) is 14.4. The average molecular weight is 244 g/mol. The van der Waals surface area contributed by atoms with Gasteiger partial charge in [0.2, 0.25) is 5.91 Å². The third kappa shape index (κ3) is 3.66. The minimum absolute atomic E-state index is 0.128. The largest absolute Gasteiger partial charge is 0.381 e. The molecule has 0 saturated carbocycles. The Hall–Kier alpha value is -0.650. The van der Waals surface area contributed by atoms with Crippen LogP contribution in [0.5, 0.6) is 0 Å². The number of hydrogen-bond donors (Lipinski definition) is 1. The monoisotopic (exact) mass is 244 g/mol. The SMILES string of the molecule is CCOCCN(C)C(=O)C1(CN)CCOCC1. The molecule has 0 bridgehead atoms. The molecule has 0 spiro atoms. The summed E-state index contributed by atoms with van der Waals surface area (Å²) in [6.07, 6.45) is 1.45. The van der Waals surface area contributed by atoms with E-state index in [4.69, 9.17) is 15.2 Å². The van der Waals surface area contributed by atoms with Gasteiger partial charge in [0, 0.05) is 40.0 Å². The van der Waals surface area contributed by atoms with Crippen molar-refractivity contribution in [3.63, 3.8) is 0 Å². The van der Waals surface area contributed by atoms with Crippen LogP contribution in [0.3, 0.4) is 0 Å². The molecule has 1 saturated heterocycles. The number of nitrogens with zero attached hydrogens (tertiary/aromatic N) is 1. The van der Waals surface area contributed by atoms with Gasteiger partial charge in [0.1, 0.15) is 0 Å². The van der Waals surface area contributed by atoms with Crippen LogP contribution in [-0.4, -0.2) is 57.4 Å². The quantitative estimate of drug-likeness (QED) is 0.680.